The van der Waals surface area contributed by atoms with Crippen LogP contribution in [0.25, 0.3) is 44.6 Å². The van der Waals surface area contributed by atoms with E-state index >= 15 is 0 Å². The summed E-state index contributed by atoms with van der Waals surface area (Å²) in [6.45, 7) is 0. The second-order valence-corrected chi connectivity index (χ2v) is 12.8. The highest BCUT2D eigenvalue weighted by Crippen LogP contribution is 2.35. The van der Waals surface area contributed by atoms with Gasteiger partial charge in [-0.05, 0) is 96.1 Å². The smallest absolute Gasteiger partial charge is 0.145 e. The largest absolute Gasteiger partial charge is 0.508 e. The van der Waals surface area contributed by atoms with Gasteiger partial charge in [-0.1, -0.05) is 59.8 Å². The number of halogens is 1. The van der Waals surface area contributed by atoms with Crippen LogP contribution in [0.4, 0.5) is 0 Å². The van der Waals surface area contributed by atoms with Crippen LogP contribution in [0.3, 0.4) is 0 Å². The van der Waals surface area contributed by atoms with E-state index in [2.05, 4.69) is 55.3 Å². The van der Waals surface area contributed by atoms with Crippen molar-refractivity contribution in [3.05, 3.63) is 139 Å². The Morgan fingerprint density at radius 2 is 1.06 bits per heavy atom. The van der Waals surface area contributed by atoms with Gasteiger partial charge >= 0.3 is 0 Å². The maximum atomic E-state index is 9.49. The number of hydrogen-bond acceptors (Lipinski definition) is 8. The lowest BCUT2D eigenvalue weighted by molar-refractivity contribution is 0.475. The first-order valence-corrected chi connectivity index (χ1v) is 16.7. The maximum Gasteiger partial charge on any atom is 0.145 e. The van der Waals surface area contributed by atoms with Crippen molar-refractivity contribution in [2.75, 3.05) is 0 Å². The van der Waals surface area contributed by atoms with E-state index in [-0.39, 0.29) is 11.5 Å². The Kier molecular flexibility index (Phi) is 10.5. The van der Waals surface area contributed by atoms with Crippen LogP contribution >= 0.6 is 36.0 Å². The number of benzene rings is 4. The van der Waals surface area contributed by atoms with E-state index in [0.29, 0.717) is 5.15 Å². The summed E-state index contributed by atoms with van der Waals surface area (Å²) in [5.41, 5.74) is 5.73. The first kappa shape index (κ1) is 33.6. The Morgan fingerprint density at radius 3 is 1.55 bits per heavy atom. The number of aromatic nitrogens is 6. The molecular formula is C38H31ClN6O2S2. The highest BCUT2D eigenvalue weighted by molar-refractivity contribution is 7.99. The van der Waals surface area contributed by atoms with Gasteiger partial charge in [0, 0.05) is 23.9 Å². The molecule has 8 rings (SSSR count). The van der Waals surface area contributed by atoms with Crippen molar-refractivity contribution in [1.29, 1.82) is 0 Å². The van der Waals surface area contributed by atoms with E-state index in [1.165, 1.54) is 6.33 Å². The number of aromatic hydroxyl groups is 2. The molecule has 0 aliphatic carbocycles. The predicted octanol–water partition coefficient (Wildman–Crippen LogP) is 9.46. The Bertz CT molecular complexity index is 2310. The Morgan fingerprint density at radius 1 is 0.592 bits per heavy atom. The molecule has 0 atom stereocenters. The van der Waals surface area contributed by atoms with Crippen LogP contribution < -0.4 is 0 Å². The highest BCUT2D eigenvalue weighted by atomic mass is 35.5. The molecule has 0 aliphatic heterocycles. The monoisotopic (exact) mass is 702 g/mol. The third-order valence-electron chi connectivity index (χ3n) is 7.60. The summed E-state index contributed by atoms with van der Waals surface area (Å²) in [5.74, 6) is 0.507. The lowest BCUT2D eigenvalue weighted by Gasteiger charge is -2.04. The van der Waals surface area contributed by atoms with Gasteiger partial charge in [-0.3, -0.25) is 0 Å². The molecular weight excluding hydrogens is 672 g/mol. The van der Waals surface area contributed by atoms with Crippen LogP contribution in [-0.4, -0.2) is 39.3 Å². The van der Waals surface area contributed by atoms with Gasteiger partial charge in [-0.15, -0.1) is 12.6 Å². The molecule has 8 nitrogen and oxygen atoms in total. The Labute approximate surface area is 298 Å². The quantitative estimate of drug-likeness (QED) is 0.124. The first-order valence-electron chi connectivity index (χ1n) is 15.1. The molecule has 0 amide bonds. The standard InChI is InChI=1S/C19H15N3OS.C13H10ClN3O.C6H6S/c1-22-17(13-7-9-14(23)10-8-13)11-16-18(22)20-12-21-19(16)24-15-5-3-2-4-6-15;1-17-11(8-2-4-9(18)5-3-8)6-10-12(14)15-7-16-13(10)17;7-6-4-2-1-3-5-6/h2-12,23H,1H3;2-7,18H,1H3;1-5,7H. The fourth-order valence-corrected chi connectivity index (χ4v) is 6.38. The van der Waals surface area contributed by atoms with Crippen molar-refractivity contribution < 1.29 is 10.2 Å². The molecule has 11 heteroatoms. The van der Waals surface area contributed by atoms with Crippen molar-refractivity contribution >= 4 is 58.1 Å². The normalized spacial score (nSPS) is 10.7. The third kappa shape index (κ3) is 7.89. The summed E-state index contributed by atoms with van der Waals surface area (Å²) < 4.78 is 4.01. The molecule has 8 aromatic rings. The number of aryl methyl sites for hydroxylation is 2. The molecule has 0 radical (unpaired) electrons. The number of thiol groups is 1. The fraction of sp³-hybridized carbons (Fsp3) is 0.0526. The van der Waals surface area contributed by atoms with Gasteiger partial charge in [-0.25, -0.2) is 19.9 Å². The molecule has 4 aromatic heterocycles. The topological polar surface area (TPSA) is 102 Å². The Hall–Kier alpha value is -5.29. The molecule has 2 N–H and O–H groups in total. The van der Waals surface area contributed by atoms with Crippen molar-refractivity contribution in [3.8, 4) is 34.0 Å². The minimum absolute atomic E-state index is 0.246. The molecule has 4 heterocycles. The van der Waals surface area contributed by atoms with Crippen molar-refractivity contribution in [2.45, 2.75) is 14.8 Å². The van der Waals surface area contributed by atoms with Gasteiger partial charge in [0.15, 0.2) is 0 Å². The van der Waals surface area contributed by atoms with Gasteiger partial charge < -0.3 is 19.3 Å². The maximum absolute atomic E-state index is 9.49. The molecule has 0 saturated carbocycles. The van der Waals surface area contributed by atoms with Gasteiger partial charge in [0.2, 0.25) is 0 Å². The minimum atomic E-state index is 0.246. The zero-order chi connectivity index (χ0) is 34.3. The van der Waals surface area contributed by atoms with E-state index in [1.807, 2.05) is 97.5 Å². The lowest BCUT2D eigenvalue weighted by Crippen LogP contribution is -1.93. The van der Waals surface area contributed by atoms with E-state index in [9.17, 15) is 10.2 Å². The number of hydrogen-bond donors (Lipinski definition) is 3. The van der Waals surface area contributed by atoms with Gasteiger partial charge in [-0.2, -0.15) is 0 Å². The fourth-order valence-electron chi connectivity index (χ4n) is 5.14. The predicted molar refractivity (Wildman–Crippen MR) is 200 cm³/mol. The van der Waals surface area contributed by atoms with Gasteiger partial charge in [0.1, 0.15) is 45.6 Å². The van der Waals surface area contributed by atoms with Crippen LogP contribution in [0.5, 0.6) is 11.5 Å². The van der Waals surface area contributed by atoms with E-state index in [4.69, 9.17) is 11.6 Å². The van der Waals surface area contributed by atoms with Crippen molar-refractivity contribution in [1.82, 2.24) is 29.1 Å². The number of phenols is 2. The first-order chi connectivity index (χ1) is 23.8. The summed E-state index contributed by atoms with van der Waals surface area (Å²) in [7, 11) is 3.92. The molecule has 0 spiro atoms. The zero-order valence-corrected chi connectivity index (χ0v) is 29.0. The SMILES string of the molecule is Cn1c(-c2ccc(O)cc2)cc2c(Cl)ncnc21.Cn1c(-c2ccc(O)cc2)cc2c(Sc3ccccc3)ncnc21.Sc1ccccc1. The van der Waals surface area contributed by atoms with E-state index in [1.54, 1.807) is 42.4 Å². The van der Waals surface area contributed by atoms with E-state index < -0.39 is 0 Å². The van der Waals surface area contributed by atoms with Crippen LogP contribution in [0.15, 0.2) is 149 Å². The average Bonchev–Trinajstić information content (AvgIpc) is 3.65. The second-order valence-electron chi connectivity index (χ2n) is 10.8. The van der Waals surface area contributed by atoms with Gasteiger partial charge in [0.25, 0.3) is 0 Å². The minimum Gasteiger partial charge on any atom is -0.508 e. The van der Waals surface area contributed by atoms with Crippen molar-refractivity contribution in [2.24, 2.45) is 14.1 Å². The summed E-state index contributed by atoms with van der Waals surface area (Å²) >= 11 is 11.8. The molecule has 0 unspecified atom stereocenters. The lowest BCUT2D eigenvalue weighted by atomic mass is 10.1. The number of phenolic OH excluding ortho intramolecular Hbond substituents is 2. The molecule has 0 saturated heterocycles. The molecule has 4 aromatic carbocycles. The molecule has 0 fully saturated rings. The second kappa shape index (κ2) is 15.3. The van der Waals surface area contributed by atoms with Crippen LogP contribution in [-0.2, 0) is 14.1 Å². The van der Waals surface area contributed by atoms with Crippen LogP contribution in [0.2, 0.25) is 5.15 Å². The summed E-state index contributed by atoms with van der Waals surface area (Å²) in [6.07, 6.45) is 3.06. The average molecular weight is 703 g/mol. The highest BCUT2D eigenvalue weighted by Gasteiger charge is 2.14. The molecule has 0 aliphatic rings. The number of fused-ring (bicyclic) bond motifs is 2. The summed E-state index contributed by atoms with van der Waals surface area (Å²) in [4.78, 5) is 19.3. The molecule has 244 valence electrons. The summed E-state index contributed by atoms with van der Waals surface area (Å²) in [5, 5.41) is 22.0. The molecule has 49 heavy (non-hydrogen) atoms. The van der Waals surface area contributed by atoms with E-state index in [0.717, 1.165) is 59.4 Å². The van der Waals surface area contributed by atoms with Gasteiger partial charge in [0.05, 0.1) is 22.2 Å². The number of rotatable bonds is 4. The zero-order valence-electron chi connectivity index (χ0n) is 26.5. The van der Waals surface area contributed by atoms with Crippen LogP contribution in [0.1, 0.15) is 0 Å². The van der Waals surface area contributed by atoms with Crippen LogP contribution in [0, 0.1) is 0 Å². The molecule has 0 bridgehead atoms. The Balaban J connectivity index is 0.000000146. The summed E-state index contributed by atoms with van der Waals surface area (Å²) in [6, 6.07) is 38.2. The number of nitrogens with zero attached hydrogens (tertiary/aromatic N) is 6. The van der Waals surface area contributed by atoms with Crippen molar-refractivity contribution in [3.63, 3.8) is 0 Å². The third-order valence-corrected chi connectivity index (χ3v) is 9.23.